The summed E-state index contributed by atoms with van der Waals surface area (Å²) in [6.45, 7) is 5.63. The Kier molecular flexibility index (Phi) is 9.61. The highest BCUT2D eigenvalue weighted by Gasteiger charge is 2.47. The zero-order chi connectivity index (χ0) is 30.6. The first-order valence-corrected chi connectivity index (χ1v) is 14.2. The SMILES string of the molecule is CCCC1CC(=O)C2=C(C1)N(OC(=O)C(F)(F)F)C(C)=C(C#N)C2c1cc(Br)c(OCc2cccnc2)c(OCC)c1. The number of nitriles is 1. The van der Waals surface area contributed by atoms with Crippen molar-refractivity contribution in [2.45, 2.75) is 65.2 Å². The second kappa shape index (κ2) is 13.0. The first-order valence-electron chi connectivity index (χ1n) is 13.4. The Bertz CT molecular complexity index is 1470. The molecule has 8 nitrogen and oxygen atoms in total. The number of hydrogen-bond donors (Lipinski definition) is 0. The number of benzene rings is 1. The van der Waals surface area contributed by atoms with E-state index in [2.05, 4.69) is 27.0 Å². The number of carbonyl (C=O) groups is 2. The van der Waals surface area contributed by atoms with Crippen LogP contribution < -0.4 is 9.47 Å². The van der Waals surface area contributed by atoms with Gasteiger partial charge in [0.1, 0.15) is 6.61 Å². The lowest BCUT2D eigenvalue weighted by Gasteiger charge is -2.40. The average molecular weight is 648 g/mol. The second-order valence-electron chi connectivity index (χ2n) is 9.97. The van der Waals surface area contributed by atoms with Gasteiger partial charge in [0.05, 0.1) is 40.0 Å². The van der Waals surface area contributed by atoms with E-state index in [9.17, 15) is 28.0 Å². The Morgan fingerprint density at radius 2 is 2.00 bits per heavy atom. The van der Waals surface area contributed by atoms with Crippen molar-refractivity contribution in [2.24, 2.45) is 5.92 Å². The maximum absolute atomic E-state index is 13.7. The fraction of sp³-hybridized carbons (Fsp3) is 0.400. The summed E-state index contributed by atoms with van der Waals surface area (Å²) in [6, 6.07) is 9.05. The molecule has 0 N–H and O–H groups in total. The second-order valence-corrected chi connectivity index (χ2v) is 10.8. The van der Waals surface area contributed by atoms with E-state index in [4.69, 9.17) is 14.3 Å². The molecule has 0 radical (unpaired) electrons. The number of ether oxygens (including phenoxy) is 2. The zero-order valence-electron chi connectivity index (χ0n) is 23.3. The number of carbonyl (C=O) groups excluding carboxylic acids is 2. The predicted molar refractivity (Wildman–Crippen MR) is 149 cm³/mol. The summed E-state index contributed by atoms with van der Waals surface area (Å²) in [7, 11) is 0. The summed E-state index contributed by atoms with van der Waals surface area (Å²) in [5.41, 5.74) is 1.56. The molecule has 1 aromatic carbocycles. The zero-order valence-corrected chi connectivity index (χ0v) is 24.8. The summed E-state index contributed by atoms with van der Waals surface area (Å²) in [4.78, 5) is 34.5. The van der Waals surface area contributed by atoms with E-state index < -0.39 is 18.1 Å². The molecule has 42 heavy (non-hydrogen) atoms. The Balaban J connectivity index is 1.84. The van der Waals surface area contributed by atoms with Gasteiger partial charge in [0.25, 0.3) is 0 Å². The van der Waals surface area contributed by atoms with Crippen LogP contribution in [0.3, 0.4) is 0 Å². The third-order valence-electron chi connectivity index (χ3n) is 7.08. The first-order chi connectivity index (χ1) is 20.0. The molecule has 0 spiro atoms. The van der Waals surface area contributed by atoms with E-state index in [1.165, 1.54) is 6.92 Å². The molecule has 0 saturated heterocycles. The Morgan fingerprint density at radius 3 is 2.62 bits per heavy atom. The van der Waals surface area contributed by atoms with Gasteiger partial charge in [0.15, 0.2) is 17.3 Å². The lowest BCUT2D eigenvalue weighted by Crippen LogP contribution is -2.40. The minimum Gasteiger partial charge on any atom is -0.490 e. The topological polar surface area (TPSA) is 102 Å². The van der Waals surface area contributed by atoms with E-state index in [0.717, 1.165) is 17.0 Å². The van der Waals surface area contributed by atoms with Gasteiger partial charge in [-0.2, -0.15) is 23.5 Å². The van der Waals surface area contributed by atoms with E-state index in [-0.39, 0.29) is 60.3 Å². The number of nitrogens with zero attached hydrogens (tertiary/aromatic N) is 3. The number of aromatic nitrogens is 1. The van der Waals surface area contributed by atoms with Crippen molar-refractivity contribution in [3.05, 3.63) is 74.8 Å². The molecule has 2 heterocycles. The molecular formula is C30H29BrF3N3O5. The van der Waals surface area contributed by atoms with Crippen LogP contribution in [0, 0.1) is 17.2 Å². The molecule has 12 heteroatoms. The van der Waals surface area contributed by atoms with Crippen LogP contribution in [-0.4, -0.2) is 34.6 Å². The van der Waals surface area contributed by atoms with Crippen LogP contribution in [0.15, 0.2) is 63.7 Å². The van der Waals surface area contributed by atoms with Gasteiger partial charge in [0, 0.05) is 30.0 Å². The molecule has 1 aromatic heterocycles. The van der Waals surface area contributed by atoms with Crippen molar-refractivity contribution in [3.8, 4) is 17.6 Å². The number of allylic oxidation sites excluding steroid dienone is 4. The summed E-state index contributed by atoms with van der Waals surface area (Å²) >= 11 is 3.54. The summed E-state index contributed by atoms with van der Waals surface area (Å²) < 4.78 is 52.1. The van der Waals surface area contributed by atoms with Crippen LogP contribution in [-0.2, 0) is 21.0 Å². The lowest BCUT2D eigenvalue weighted by molar-refractivity contribution is -0.227. The molecule has 0 saturated carbocycles. The van der Waals surface area contributed by atoms with Gasteiger partial charge in [0.2, 0.25) is 0 Å². The van der Waals surface area contributed by atoms with Gasteiger partial charge in [-0.25, -0.2) is 4.79 Å². The largest absolute Gasteiger partial charge is 0.493 e. The maximum atomic E-state index is 13.7. The monoisotopic (exact) mass is 647 g/mol. The Labute approximate surface area is 249 Å². The van der Waals surface area contributed by atoms with Gasteiger partial charge < -0.3 is 14.3 Å². The van der Waals surface area contributed by atoms with Crippen molar-refractivity contribution in [1.82, 2.24) is 10.0 Å². The number of Topliss-reactive ketones (excluding diaryl/α,β-unsaturated/α-hetero) is 1. The normalized spacial score (nSPS) is 18.9. The molecule has 0 bridgehead atoms. The third-order valence-corrected chi connectivity index (χ3v) is 7.67. The molecule has 1 aliphatic carbocycles. The minimum absolute atomic E-state index is 0.00483. The molecule has 1 aliphatic heterocycles. The third kappa shape index (κ3) is 6.46. The number of halogens is 4. The molecule has 222 valence electrons. The number of hydroxylamine groups is 2. The van der Waals surface area contributed by atoms with E-state index in [0.29, 0.717) is 28.0 Å². The molecule has 2 unspecified atom stereocenters. The van der Waals surface area contributed by atoms with Gasteiger partial charge in [-0.15, -0.1) is 0 Å². The molecule has 2 aromatic rings. The van der Waals surface area contributed by atoms with Crippen molar-refractivity contribution >= 4 is 27.7 Å². The quantitative estimate of drug-likeness (QED) is 0.285. The molecule has 4 rings (SSSR count). The van der Waals surface area contributed by atoms with Crippen molar-refractivity contribution in [1.29, 1.82) is 5.26 Å². The number of rotatable bonds is 9. The van der Waals surface area contributed by atoms with E-state index in [1.807, 2.05) is 13.0 Å². The maximum Gasteiger partial charge on any atom is 0.493 e. The van der Waals surface area contributed by atoms with Crippen molar-refractivity contribution < 1.29 is 37.1 Å². The van der Waals surface area contributed by atoms with E-state index in [1.54, 1.807) is 37.5 Å². The summed E-state index contributed by atoms with van der Waals surface area (Å²) in [5, 5.41) is 10.9. The highest BCUT2D eigenvalue weighted by Crippen LogP contribution is 2.50. The molecule has 0 amide bonds. The van der Waals surface area contributed by atoms with Crippen LogP contribution in [0.5, 0.6) is 11.5 Å². The Morgan fingerprint density at radius 1 is 1.24 bits per heavy atom. The smallest absolute Gasteiger partial charge is 0.490 e. The first kappa shape index (κ1) is 31.1. The molecule has 2 aliphatic rings. The fourth-order valence-corrected chi connectivity index (χ4v) is 5.89. The summed E-state index contributed by atoms with van der Waals surface area (Å²) in [5.74, 6) is -3.10. The van der Waals surface area contributed by atoms with Crippen molar-refractivity contribution in [3.63, 3.8) is 0 Å². The van der Waals surface area contributed by atoms with Crippen LogP contribution >= 0.6 is 15.9 Å². The van der Waals surface area contributed by atoms with Crippen LogP contribution in [0.4, 0.5) is 13.2 Å². The fourth-order valence-electron chi connectivity index (χ4n) is 5.32. The number of pyridine rings is 1. The van der Waals surface area contributed by atoms with Gasteiger partial charge >= 0.3 is 12.1 Å². The van der Waals surface area contributed by atoms with Gasteiger partial charge in [-0.05, 0) is 72.3 Å². The molecular weight excluding hydrogens is 619 g/mol. The highest BCUT2D eigenvalue weighted by molar-refractivity contribution is 9.10. The summed E-state index contributed by atoms with van der Waals surface area (Å²) in [6.07, 6.45) is -0.164. The van der Waals surface area contributed by atoms with Crippen LogP contribution in [0.2, 0.25) is 0 Å². The standard InChI is InChI=1S/C30H29BrF3N3O5/c1-4-7-18-10-23-27(24(38)11-18)26(21(14-35)17(3)37(23)42-29(39)30(32,33)34)20-12-22(31)28(25(13-20)40-5-2)41-16-19-8-6-9-36-15-19/h6,8-9,12-13,15,18,26H,4-5,7,10-11,16H2,1-3H3. The van der Waals surface area contributed by atoms with Gasteiger partial charge in [-0.3, -0.25) is 9.78 Å². The number of ketones is 1. The Hall–Kier alpha value is -3.85. The lowest BCUT2D eigenvalue weighted by atomic mass is 9.72. The van der Waals surface area contributed by atoms with Crippen molar-refractivity contribution in [2.75, 3.05) is 6.61 Å². The molecule has 2 atom stereocenters. The molecule has 0 fully saturated rings. The number of hydrogen-bond acceptors (Lipinski definition) is 8. The van der Waals surface area contributed by atoms with Gasteiger partial charge in [-0.1, -0.05) is 19.4 Å². The minimum atomic E-state index is -5.27. The predicted octanol–water partition coefficient (Wildman–Crippen LogP) is 7.07. The average Bonchev–Trinajstić information content (AvgIpc) is 2.94. The van der Waals surface area contributed by atoms with E-state index >= 15 is 0 Å². The number of alkyl halides is 3. The van der Waals surface area contributed by atoms with Crippen LogP contribution in [0.25, 0.3) is 0 Å². The van der Waals surface area contributed by atoms with Crippen LogP contribution in [0.1, 0.15) is 63.5 Å². The highest BCUT2D eigenvalue weighted by atomic mass is 79.9.